The third kappa shape index (κ3) is 2.01. The van der Waals surface area contributed by atoms with Crippen LogP contribution in [0.25, 0.3) is 0 Å². The molecule has 1 heterocycles. The fraction of sp³-hybridized carbons (Fsp3) is 0.357. The predicted molar refractivity (Wildman–Crippen MR) is 72.1 cm³/mol. The molecular formula is C14H15NO6. The van der Waals surface area contributed by atoms with Crippen LogP contribution in [0, 0.1) is 0 Å². The standard InChI is InChI=1S/C14H15NO6/c1-5-15-13(17)7-6-8(19-2)11(20-3)12(21-4)9(7)10(16)14(15)18/h6H,5H2,1-4H3. The Labute approximate surface area is 121 Å². The number of carbonyl (C=O) groups is 3. The van der Waals surface area contributed by atoms with Gasteiger partial charge in [-0.25, -0.2) is 0 Å². The lowest BCUT2D eigenvalue weighted by Gasteiger charge is -2.27. The highest BCUT2D eigenvalue weighted by atomic mass is 16.5. The number of benzene rings is 1. The number of methoxy groups -OCH3 is 3. The van der Waals surface area contributed by atoms with E-state index < -0.39 is 17.6 Å². The van der Waals surface area contributed by atoms with Gasteiger partial charge in [-0.2, -0.15) is 0 Å². The fourth-order valence-corrected chi connectivity index (χ4v) is 2.30. The third-order valence-corrected chi connectivity index (χ3v) is 3.29. The van der Waals surface area contributed by atoms with Crippen LogP contribution in [0.4, 0.5) is 0 Å². The Kier molecular flexibility index (Phi) is 3.84. The largest absolute Gasteiger partial charge is 0.493 e. The van der Waals surface area contributed by atoms with Gasteiger partial charge >= 0.3 is 5.91 Å². The third-order valence-electron chi connectivity index (χ3n) is 3.29. The number of ether oxygens (including phenoxy) is 3. The molecule has 2 amide bonds. The van der Waals surface area contributed by atoms with Gasteiger partial charge in [0.15, 0.2) is 11.5 Å². The summed E-state index contributed by atoms with van der Waals surface area (Å²) in [6.45, 7) is 1.73. The number of ketones is 1. The van der Waals surface area contributed by atoms with Crippen molar-refractivity contribution >= 4 is 17.6 Å². The molecule has 7 heteroatoms. The van der Waals surface area contributed by atoms with Gasteiger partial charge in [-0.15, -0.1) is 0 Å². The number of fused-ring (bicyclic) bond motifs is 1. The lowest BCUT2D eigenvalue weighted by Crippen LogP contribution is -2.46. The van der Waals surface area contributed by atoms with E-state index in [0.717, 1.165) is 4.90 Å². The molecule has 0 spiro atoms. The van der Waals surface area contributed by atoms with Gasteiger partial charge in [0.1, 0.15) is 0 Å². The summed E-state index contributed by atoms with van der Waals surface area (Å²) in [6, 6.07) is 1.38. The molecule has 1 aliphatic rings. The fourth-order valence-electron chi connectivity index (χ4n) is 2.30. The maximum atomic E-state index is 12.3. The Morgan fingerprint density at radius 1 is 0.952 bits per heavy atom. The molecule has 1 aliphatic heterocycles. The summed E-state index contributed by atoms with van der Waals surface area (Å²) < 4.78 is 15.5. The van der Waals surface area contributed by atoms with Crippen LogP contribution in [0.5, 0.6) is 17.2 Å². The van der Waals surface area contributed by atoms with E-state index in [2.05, 4.69) is 0 Å². The van der Waals surface area contributed by atoms with Crippen LogP contribution in [-0.4, -0.2) is 50.4 Å². The van der Waals surface area contributed by atoms with Gasteiger partial charge in [0.05, 0.1) is 32.5 Å². The number of Topliss-reactive ketones (excluding diaryl/α,β-unsaturated/α-hetero) is 1. The van der Waals surface area contributed by atoms with Crippen molar-refractivity contribution in [2.24, 2.45) is 0 Å². The second-order valence-corrected chi connectivity index (χ2v) is 4.25. The van der Waals surface area contributed by atoms with Crippen molar-refractivity contribution in [2.45, 2.75) is 6.92 Å². The van der Waals surface area contributed by atoms with Gasteiger partial charge in [0.25, 0.3) is 11.7 Å². The molecule has 7 nitrogen and oxygen atoms in total. The lowest BCUT2D eigenvalue weighted by atomic mass is 9.95. The molecule has 0 aromatic heterocycles. The monoisotopic (exact) mass is 293 g/mol. The van der Waals surface area contributed by atoms with E-state index in [0.29, 0.717) is 0 Å². The van der Waals surface area contributed by atoms with Crippen molar-refractivity contribution < 1.29 is 28.6 Å². The van der Waals surface area contributed by atoms with Crippen molar-refractivity contribution in [3.8, 4) is 17.2 Å². The van der Waals surface area contributed by atoms with Crippen LogP contribution in [0.1, 0.15) is 27.6 Å². The molecule has 0 N–H and O–H groups in total. The highest BCUT2D eigenvalue weighted by molar-refractivity contribution is 6.49. The van der Waals surface area contributed by atoms with E-state index >= 15 is 0 Å². The van der Waals surface area contributed by atoms with Gasteiger partial charge < -0.3 is 14.2 Å². The van der Waals surface area contributed by atoms with E-state index in [1.165, 1.54) is 27.4 Å². The molecule has 1 aromatic carbocycles. The minimum absolute atomic E-state index is 0.0225. The van der Waals surface area contributed by atoms with Gasteiger partial charge in [0.2, 0.25) is 5.75 Å². The van der Waals surface area contributed by atoms with E-state index in [1.54, 1.807) is 6.92 Å². The Balaban J connectivity index is 2.82. The van der Waals surface area contributed by atoms with Crippen LogP contribution in [0.3, 0.4) is 0 Å². The first-order valence-corrected chi connectivity index (χ1v) is 6.25. The maximum Gasteiger partial charge on any atom is 0.301 e. The van der Waals surface area contributed by atoms with Crippen molar-refractivity contribution in [3.05, 3.63) is 17.2 Å². The molecule has 0 saturated heterocycles. The van der Waals surface area contributed by atoms with E-state index in [9.17, 15) is 14.4 Å². The molecule has 0 fully saturated rings. The summed E-state index contributed by atoms with van der Waals surface area (Å²) in [5.74, 6) is -1.80. The number of hydrogen-bond donors (Lipinski definition) is 0. The molecule has 0 saturated carbocycles. The van der Waals surface area contributed by atoms with Crippen LogP contribution < -0.4 is 14.2 Å². The highest BCUT2D eigenvalue weighted by Gasteiger charge is 2.41. The average molecular weight is 293 g/mol. The van der Waals surface area contributed by atoms with Crippen molar-refractivity contribution in [3.63, 3.8) is 0 Å². The first-order chi connectivity index (χ1) is 10.0. The summed E-state index contributed by atoms with van der Waals surface area (Å²) in [6.07, 6.45) is 0. The summed E-state index contributed by atoms with van der Waals surface area (Å²) >= 11 is 0. The quantitative estimate of drug-likeness (QED) is 0.606. The number of likely N-dealkylation sites (N-methyl/N-ethyl adjacent to an activating group) is 1. The number of imide groups is 1. The molecule has 0 bridgehead atoms. The highest BCUT2D eigenvalue weighted by Crippen LogP contribution is 2.43. The Morgan fingerprint density at radius 3 is 2.05 bits per heavy atom. The van der Waals surface area contributed by atoms with Crippen molar-refractivity contribution in [1.82, 2.24) is 4.90 Å². The molecule has 0 unspecified atom stereocenters. The zero-order valence-corrected chi connectivity index (χ0v) is 12.2. The van der Waals surface area contributed by atoms with Crippen LogP contribution >= 0.6 is 0 Å². The molecular weight excluding hydrogens is 278 g/mol. The van der Waals surface area contributed by atoms with Crippen molar-refractivity contribution in [1.29, 1.82) is 0 Å². The second-order valence-electron chi connectivity index (χ2n) is 4.25. The van der Waals surface area contributed by atoms with Gasteiger partial charge in [-0.05, 0) is 13.0 Å². The number of carbonyl (C=O) groups excluding carboxylic acids is 3. The van der Waals surface area contributed by atoms with Gasteiger partial charge in [-0.3, -0.25) is 19.3 Å². The van der Waals surface area contributed by atoms with Gasteiger partial charge in [0, 0.05) is 6.54 Å². The molecule has 112 valence electrons. The Hall–Kier alpha value is -2.57. The van der Waals surface area contributed by atoms with Crippen LogP contribution in [0.15, 0.2) is 6.07 Å². The zero-order valence-electron chi connectivity index (χ0n) is 12.2. The zero-order chi connectivity index (χ0) is 15.7. The summed E-state index contributed by atoms with van der Waals surface area (Å²) in [7, 11) is 4.11. The van der Waals surface area contributed by atoms with Crippen LogP contribution in [0.2, 0.25) is 0 Å². The molecule has 0 radical (unpaired) electrons. The molecule has 1 aromatic rings. The molecule has 21 heavy (non-hydrogen) atoms. The summed E-state index contributed by atoms with van der Waals surface area (Å²) in [5.41, 5.74) is -0.0224. The minimum atomic E-state index is -0.875. The SMILES string of the molecule is CCN1C(=O)C(=O)c2c(cc(OC)c(OC)c2OC)C1=O. The lowest BCUT2D eigenvalue weighted by molar-refractivity contribution is -0.124. The molecule has 0 aliphatic carbocycles. The number of hydrogen-bond acceptors (Lipinski definition) is 6. The van der Waals surface area contributed by atoms with E-state index in [1.807, 2.05) is 0 Å². The van der Waals surface area contributed by atoms with E-state index in [-0.39, 0.29) is 34.9 Å². The van der Waals surface area contributed by atoms with Gasteiger partial charge in [-0.1, -0.05) is 0 Å². The number of nitrogens with zero attached hydrogens (tertiary/aromatic N) is 1. The van der Waals surface area contributed by atoms with Crippen molar-refractivity contribution in [2.75, 3.05) is 27.9 Å². The number of rotatable bonds is 4. The number of amides is 2. The smallest absolute Gasteiger partial charge is 0.301 e. The second kappa shape index (κ2) is 5.43. The topological polar surface area (TPSA) is 82.1 Å². The average Bonchev–Trinajstić information content (AvgIpc) is 2.50. The predicted octanol–water partition coefficient (Wildman–Crippen LogP) is 0.897. The first-order valence-electron chi connectivity index (χ1n) is 6.25. The first kappa shape index (κ1) is 14.8. The Bertz CT molecular complexity index is 637. The van der Waals surface area contributed by atoms with E-state index in [4.69, 9.17) is 14.2 Å². The molecule has 2 rings (SSSR count). The Morgan fingerprint density at radius 2 is 1.57 bits per heavy atom. The normalized spacial score (nSPS) is 14.1. The maximum absolute atomic E-state index is 12.3. The van der Waals surface area contributed by atoms with Crippen LogP contribution in [-0.2, 0) is 4.79 Å². The summed E-state index contributed by atoms with van der Waals surface area (Å²) in [5, 5.41) is 0. The summed E-state index contributed by atoms with van der Waals surface area (Å²) in [4.78, 5) is 37.5. The minimum Gasteiger partial charge on any atom is -0.493 e. The molecule has 0 atom stereocenters.